The molecule has 0 fully saturated rings. The first-order chi connectivity index (χ1) is 11.3. The third-order valence-electron chi connectivity index (χ3n) is 3.32. The van der Waals surface area contributed by atoms with E-state index in [1.807, 2.05) is 0 Å². The van der Waals surface area contributed by atoms with E-state index in [2.05, 4.69) is 5.32 Å². The number of methoxy groups -OCH3 is 1. The van der Waals surface area contributed by atoms with Crippen molar-refractivity contribution in [3.63, 3.8) is 0 Å². The van der Waals surface area contributed by atoms with Crippen LogP contribution in [0.3, 0.4) is 0 Å². The third-order valence-corrected chi connectivity index (χ3v) is 6.55. The van der Waals surface area contributed by atoms with Crippen LogP contribution in [0.4, 0.5) is 0 Å². The van der Waals surface area contributed by atoms with Gasteiger partial charge in [-0.1, -0.05) is 0 Å². The van der Waals surface area contributed by atoms with Crippen LogP contribution < -0.4 is 15.7 Å². The molecule has 2 aromatic rings. The van der Waals surface area contributed by atoms with Crippen molar-refractivity contribution in [2.24, 2.45) is 0 Å². The molecule has 1 amide bonds. The van der Waals surface area contributed by atoms with Crippen molar-refractivity contribution in [3.8, 4) is 5.75 Å². The van der Waals surface area contributed by atoms with Crippen molar-refractivity contribution in [1.29, 1.82) is 0 Å². The van der Waals surface area contributed by atoms with Gasteiger partial charge in [0.15, 0.2) is 0 Å². The summed E-state index contributed by atoms with van der Waals surface area (Å²) in [6, 6.07) is 6.24. The van der Waals surface area contributed by atoms with E-state index in [1.165, 1.54) is 19.4 Å². The van der Waals surface area contributed by atoms with E-state index in [0.717, 1.165) is 10.8 Å². The van der Waals surface area contributed by atoms with E-state index in [1.54, 1.807) is 18.2 Å². The fourth-order valence-corrected chi connectivity index (χ4v) is 3.39. The second-order valence-electron chi connectivity index (χ2n) is 4.91. The van der Waals surface area contributed by atoms with Crippen molar-refractivity contribution in [3.05, 3.63) is 40.2 Å². The summed E-state index contributed by atoms with van der Waals surface area (Å²) in [6.45, 7) is 0.0230. The van der Waals surface area contributed by atoms with Gasteiger partial charge >= 0.3 is 5.63 Å². The van der Waals surface area contributed by atoms with Crippen molar-refractivity contribution in [1.82, 2.24) is 5.32 Å². The maximum absolute atomic E-state index is 12.0. The molecule has 1 N–H and O–H groups in total. The Bertz CT molecular complexity index is 904. The second kappa shape index (κ2) is 7.71. The number of rotatable bonds is 7. The molecule has 0 saturated carbocycles. The summed E-state index contributed by atoms with van der Waals surface area (Å²) in [6.07, 6.45) is 1.43. The Labute approximate surface area is 142 Å². The molecule has 2 rings (SSSR count). The van der Waals surface area contributed by atoms with Gasteiger partial charge in [0, 0.05) is 24.1 Å². The molecule has 24 heavy (non-hydrogen) atoms. The first-order valence-corrected chi connectivity index (χ1v) is 10.4. The van der Waals surface area contributed by atoms with Gasteiger partial charge < -0.3 is 14.5 Å². The van der Waals surface area contributed by atoms with Crippen molar-refractivity contribution < 1.29 is 22.4 Å². The molecule has 1 aromatic heterocycles. The highest BCUT2D eigenvalue weighted by molar-refractivity contribution is 8.71. The SMILES string of the molecule is COc1ccc2c(CC(=O)NCCS(=O)(=O)SC)cc(=O)oc2c1. The number of benzene rings is 1. The monoisotopic (exact) mass is 371 g/mol. The maximum Gasteiger partial charge on any atom is 0.336 e. The Morgan fingerprint density at radius 1 is 1.33 bits per heavy atom. The topological polar surface area (TPSA) is 103 Å². The number of hydrogen-bond acceptors (Lipinski definition) is 7. The lowest BCUT2D eigenvalue weighted by atomic mass is 10.1. The van der Waals surface area contributed by atoms with Gasteiger partial charge in [0.1, 0.15) is 11.3 Å². The molecule has 0 aliphatic rings. The Balaban J connectivity index is 2.14. The molecule has 9 heteroatoms. The molecule has 1 heterocycles. The highest BCUT2D eigenvalue weighted by atomic mass is 33.1. The van der Waals surface area contributed by atoms with Crippen LogP contribution in [0.1, 0.15) is 5.56 Å². The molecule has 0 unspecified atom stereocenters. The number of nitrogens with one attached hydrogen (secondary N) is 1. The normalized spacial score (nSPS) is 11.4. The van der Waals surface area contributed by atoms with Crippen LogP contribution in [0.15, 0.2) is 33.5 Å². The number of amides is 1. The fourth-order valence-electron chi connectivity index (χ4n) is 2.12. The number of fused-ring (bicyclic) bond motifs is 1. The van der Waals surface area contributed by atoms with Crippen LogP contribution in [-0.2, 0) is 20.1 Å². The standard InChI is InChI=1S/C15H17NO6S2/c1-21-11-3-4-12-10(8-15(18)22-13(12)9-11)7-14(17)16-5-6-24(19,20)23-2/h3-4,8-9H,5-7H2,1-2H3,(H,16,17). The maximum atomic E-state index is 12.0. The number of carbonyl (C=O) groups is 1. The lowest BCUT2D eigenvalue weighted by molar-refractivity contribution is -0.120. The summed E-state index contributed by atoms with van der Waals surface area (Å²) in [5, 5.41) is 3.17. The Morgan fingerprint density at radius 2 is 2.08 bits per heavy atom. The molecule has 7 nitrogen and oxygen atoms in total. The average Bonchev–Trinajstić information content (AvgIpc) is 2.53. The molecular formula is C15H17NO6S2. The van der Waals surface area contributed by atoms with Crippen LogP contribution in [0.5, 0.6) is 5.75 Å². The predicted molar refractivity (Wildman–Crippen MR) is 93.1 cm³/mol. The molecule has 0 spiro atoms. The van der Waals surface area contributed by atoms with Crippen LogP contribution in [0.25, 0.3) is 11.0 Å². The minimum Gasteiger partial charge on any atom is -0.497 e. The summed E-state index contributed by atoms with van der Waals surface area (Å²) < 4.78 is 32.9. The van der Waals surface area contributed by atoms with Gasteiger partial charge in [0.2, 0.25) is 14.8 Å². The quantitative estimate of drug-likeness (QED) is 0.575. The molecule has 0 atom stereocenters. The van der Waals surface area contributed by atoms with Crippen LogP contribution in [-0.4, -0.2) is 40.0 Å². The number of hydrogen-bond donors (Lipinski definition) is 1. The Hall–Kier alpha value is -2.00. The van der Waals surface area contributed by atoms with Crippen molar-refractivity contribution in [2.45, 2.75) is 6.42 Å². The zero-order chi connectivity index (χ0) is 17.7. The molecule has 0 bridgehead atoms. The van der Waals surface area contributed by atoms with Crippen LogP contribution >= 0.6 is 10.8 Å². The highest BCUT2D eigenvalue weighted by Gasteiger charge is 2.13. The van der Waals surface area contributed by atoms with Gasteiger partial charge in [-0.3, -0.25) is 4.79 Å². The smallest absolute Gasteiger partial charge is 0.336 e. The average molecular weight is 371 g/mol. The van der Waals surface area contributed by atoms with Gasteiger partial charge in [-0.05, 0) is 34.7 Å². The fraction of sp³-hybridized carbons (Fsp3) is 0.333. The lowest BCUT2D eigenvalue weighted by Crippen LogP contribution is -2.29. The molecule has 130 valence electrons. The zero-order valence-electron chi connectivity index (χ0n) is 13.2. The third kappa shape index (κ3) is 4.75. The van der Waals surface area contributed by atoms with Crippen molar-refractivity contribution >= 4 is 36.5 Å². The predicted octanol–water partition coefficient (Wildman–Crippen LogP) is 1.15. The van der Waals surface area contributed by atoms with E-state index < -0.39 is 14.5 Å². The second-order valence-corrected chi connectivity index (χ2v) is 9.29. The lowest BCUT2D eigenvalue weighted by Gasteiger charge is -2.08. The molecule has 0 aliphatic heterocycles. The molecule has 0 saturated heterocycles. The largest absolute Gasteiger partial charge is 0.497 e. The minimum absolute atomic E-state index is 0.0230. The summed E-state index contributed by atoms with van der Waals surface area (Å²) in [7, 11) is -0.969. The summed E-state index contributed by atoms with van der Waals surface area (Å²) in [4.78, 5) is 23.6. The molecule has 0 aliphatic carbocycles. The van der Waals surface area contributed by atoms with Gasteiger partial charge in [0.25, 0.3) is 0 Å². The van der Waals surface area contributed by atoms with Crippen LogP contribution in [0, 0.1) is 0 Å². The van der Waals surface area contributed by atoms with Crippen molar-refractivity contribution in [2.75, 3.05) is 25.7 Å². The number of carbonyl (C=O) groups excluding carboxylic acids is 1. The van der Waals surface area contributed by atoms with E-state index >= 15 is 0 Å². The van der Waals surface area contributed by atoms with E-state index in [4.69, 9.17) is 9.15 Å². The summed E-state index contributed by atoms with van der Waals surface area (Å²) in [5.74, 6) is 0.0259. The molecule has 1 aromatic carbocycles. The first-order valence-electron chi connectivity index (χ1n) is 7.00. The first kappa shape index (κ1) is 18.3. The zero-order valence-corrected chi connectivity index (χ0v) is 14.8. The Kier molecular flexibility index (Phi) is 5.89. The Morgan fingerprint density at radius 3 is 2.75 bits per heavy atom. The minimum atomic E-state index is -3.21. The van der Waals surface area contributed by atoms with Gasteiger partial charge in [-0.25, -0.2) is 13.2 Å². The van der Waals surface area contributed by atoms with Gasteiger partial charge in [-0.2, -0.15) is 0 Å². The van der Waals surface area contributed by atoms with Gasteiger partial charge in [-0.15, -0.1) is 0 Å². The van der Waals surface area contributed by atoms with E-state index in [9.17, 15) is 18.0 Å². The number of ether oxygens (including phenoxy) is 1. The van der Waals surface area contributed by atoms with Gasteiger partial charge in [0.05, 0.1) is 19.3 Å². The summed E-state index contributed by atoms with van der Waals surface area (Å²) >= 11 is 0. The van der Waals surface area contributed by atoms with Crippen LogP contribution in [0.2, 0.25) is 0 Å². The van der Waals surface area contributed by atoms with E-state index in [0.29, 0.717) is 22.3 Å². The molecular weight excluding hydrogens is 354 g/mol. The highest BCUT2D eigenvalue weighted by Crippen LogP contribution is 2.22. The van der Waals surface area contributed by atoms with E-state index in [-0.39, 0.29) is 24.6 Å². The molecule has 0 radical (unpaired) electrons. The summed E-state index contributed by atoms with van der Waals surface area (Å²) in [5.41, 5.74) is 0.271.